The Labute approximate surface area is 332 Å². The van der Waals surface area contributed by atoms with Crippen LogP contribution in [0.4, 0.5) is 0 Å². The maximum atomic E-state index is 14.4. The molecule has 14 heteroatoms. The van der Waals surface area contributed by atoms with Gasteiger partial charge in [-0.1, -0.05) is 39.8 Å². The van der Waals surface area contributed by atoms with Crippen LogP contribution >= 0.6 is 0 Å². The van der Waals surface area contributed by atoms with Crippen LogP contribution in [0.5, 0.6) is 5.75 Å². The van der Waals surface area contributed by atoms with Crippen LogP contribution in [0.1, 0.15) is 70.4 Å². The first kappa shape index (κ1) is 41.3. The van der Waals surface area contributed by atoms with Crippen LogP contribution in [0, 0.1) is 11.3 Å². The number of benzene rings is 2. The second-order valence-corrected chi connectivity index (χ2v) is 16.3. The van der Waals surface area contributed by atoms with Gasteiger partial charge in [0.2, 0.25) is 11.8 Å². The first-order valence-corrected chi connectivity index (χ1v) is 19.5. The summed E-state index contributed by atoms with van der Waals surface area (Å²) in [6.07, 6.45) is 2.93. The van der Waals surface area contributed by atoms with E-state index >= 15 is 0 Å². The highest BCUT2D eigenvalue weighted by Crippen LogP contribution is 2.40. The minimum Gasteiger partial charge on any atom is -0.508 e. The second-order valence-electron chi connectivity index (χ2n) is 16.3. The largest absolute Gasteiger partial charge is 0.508 e. The lowest BCUT2D eigenvalue weighted by Gasteiger charge is -2.36. The first-order valence-electron chi connectivity index (χ1n) is 19.5. The summed E-state index contributed by atoms with van der Waals surface area (Å²) in [6, 6.07) is 12.1. The number of aromatic amines is 1. The molecule has 4 aromatic rings. The van der Waals surface area contributed by atoms with Gasteiger partial charge in [-0.15, -0.1) is 0 Å². The molecule has 1 fully saturated rings. The highest BCUT2D eigenvalue weighted by Gasteiger charge is 2.37. The zero-order valence-electron chi connectivity index (χ0n) is 33.7. The fourth-order valence-corrected chi connectivity index (χ4v) is 7.95. The number of aromatic nitrogens is 2. The number of amides is 3. The van der Waals surface area contributed by atoms with Gasteiger partial charge in [0.15, 0.2) is 0 Å². The number of carbonyl (C=O) groups is 4. The number of methoxy groups -OCH3 is 1. The molecule has 2 aliphatic rings. The molecule has 2 aromatic heterocycles. The van der Waals surface area contributed by atoms with Crippen molar-refractivity contribution < 1.29 is 38.9 Å². The van der Waals surface area contributed by atoms with Gasteiger partial charge < -0.3 is 34.9 Å². The van der Waals surface area contributed by atoms with Crippen molar-refractivity contribution in [3.05, 3.63) is 71.5 Å². The number of hydrogen-bond donors (Lipinski definition) is 5. The Morgan fingerprint density at radius 3 is 2.61 bits per heavy atom. The number of rotatable bonds is 8. The molecule has 4 heterocycles. The standard InChI is InChI=1S/C43H54N6O8/c1-24(2)39(48(6)36(52)22-50)40(53)46-35-18-26-16-28(19-29(51)17-26)27-12-13-33-31(20-27)32(38(45-33)30-10-8-14-44-37(30)25(3)56-7)21-43(4,5)23-57-42(55)34-11-9-15-49(47-34)41(35)54/h8,10,12-14,16-17,19-20,24-25,34-35,39,45,47,50-51H,9,11,15,18,21-23H2,1-7H3,(H,46,53)/t25-,34-,35-,39-/m0/s1. The molecule has 2 aromatic carbocycles. The first-order chi connectivity index (χ1) is 27.1. The van der Waals surface area contributed by atoms with Crippen LogP contribution in [-0.4, -0.2) is 106 Å². The minimum atomic E-state index is -1.16. The SMILES string of the molecule is CO[C@@H](C)c1ncccc1-c1[nH]c2ccc3cc2c1CC(C)(C)COC(=O)[C@@H]1CCCN(N1)C(=O)[C@@H](NC(=O)[C@H](C(C)C)N(C)C(=O)CO)Cc1cc(O)cc-3c1. The summed E-state index contributed by atoms with van der Waals surface area (Å²) in [5, 5.41) is 25.8. The van der Waals surface area contributed by atoms with Crippen molar-refractivity contribution in [2.45, 2.75) is 84.5 Å². The van der Waals surface area contributed by atoms with Crippen LogP contribution in [0.3, 0.4) is 0 Å². The van der Waals surface area contributed by atoms with Gasteiger partial charge in [-0.2, -0.15) is 0 Å². The van der Waals surface area contributed by atoms with Crippen molar-refractivity contribution >= 4 is 34.6 Å². The molecule has 6 bridgehead atoms. The number of nitrogens with zero attached hydrogens (tertiary/aromatic N) is 3. The maximum Gasteiger partial charge on any atom is 0.324 e. The zero-order chi connectivity index (χ0) is 41.2. The Bertz CT molecular complexity index is 2150. The summed E-state index contributed by atoms with van der Waals surface area (Å²) in [7, 11) is 3.08. The number of esters is 1. The number of carbonyl (C=O) groups excluding carboxylic acids is 4. The predicted molar refractivity (Wildman–Crippen MR) is 214 cm³/mol. The molecule has 5 N–H and O–H groups in total. The molecule has 304 valence electrons. The number of likely N-dealkylation sites (N-methyl/N-ethyl adjacent to an activating group) is 1. The molecule has 4 atom stereocenters. The van der Waals surface area contributed by atoms with Crippen molar-refractivity contribution in [3.8, 4) is 28.1 Å². The van der Waals surface area contributed by atoms with E-state index in [9.17, 15) is 29.4 Å². The van der Waals surface area contributed by atoms with Crippen LogP contribution < -0.4 is 10.7 Å². The van der Waals surface area contributed by atoms with Crippen LogP contribution in [0.15, 0.2) is 54.7 Å². The van der Waals surface area contributed by atoms with Crippen molar-refractivity contribution in [3.63, 3.8) is 0 Å². The van der Waals surface area contributed by atoms with Gasteiger partial charge in [0, 0.05) is 55.2 Å². The Hall–Kier alpha value is -5.31. The highest BCUT2D eigenvalue weighted by molar-refractivity contribution is 5.95. The fraction of sp³-hybridized carbons (Fsp3) is 0.465. The number of aromatic hydroxyl groups is 1. The van der Waals surface area contributed by atoms with Crippen LogP contribution in [0.2, 0.25) is 0 Å². The zero-order valence-corrected chi connectivity index (χ0v) is 33.7. The van der Waals surface area contributed by atoms with Crippen LogP contribution in [-0.2, 0) is 41.5 Å². The molecule has 0 saturated carbocycles. The molecule has 0 aliphatic carbocycles. The van der Waals surface area contributed by atoms with Crippen molar-refractivity contribution in [1.29, 1.82) is 0 Å². The van der Waals surface area contributed by atoms with Crippen molar-refractivity contribution in [2.75, 3.05) is 33.9 Å². The van der Waals surface area contributed by atoms with E-state index in [0.29, 0.717) is 30.4 Å². The van der Waals surface area contributed by atoms with E-state index < -0.39 is 53.8 Å². The Morgan fingerprint density at radius 1 is 1.12 bits per heavy atom. The van der Waals surface area contributed by atoms with Gasteiger partial charge in [0.25, 0.3) is 5.91 Å². The minimum absolute atomic E-state index is 0.0147. The Morgan fingerprint density at radius 2 is 1.89 bits per heavy atom. The molecule has 6 rings (SSSR count). The maximum absolute atomic E-state index is 14.4. The third kappa shape index (κ3) is 8.98. The number of aliphatic hydroxyl groups is 1. The van der Waals surface area contributed by atoms with Crippen LogP contribution in [0.25, 0.3) is 33.3 Å². The van der Waals surface area contributed by atoms with Gasteiger partial charge in [0.05, 0.1) is 24.1 Å². The quantitative estimate of drug-likeness (QED) is 0.160. The molecule has 2 aliphatic heterocycles. The Balaban J connectivity index is 1.48. The molecule has 0 spiro atoms. The normalized spacial score (nSPS) is 19.8. The number of ether oxygens (including phenoxy) is 2. The molecule has 1 saturated heterocycles. The van der Waals surface area contributed by atoms with E-state index in [1.165, 1.54) is 17.0 Å². The summed E-state index contributed by atoms with van der Waals surface area (Å²) in [5.74, 6) is -2.58. The Kier molecular flexibility index (Phi) is 12.4. The third-order valence-electron chi connectivity index (χ3n) is 11.0. The molecule has 0 radical (unpaired) electrons. The second kappa shape index (κ2) is 17.0. The number of H-pyrrole nitrogens is 1. The summed E-state index contributed by atoms with van der Waals surface area (Å²) in [5.41, 5.74) is 9.06. The summed E-state index contributed by atoms with van der Waals surface area (Å²) in [6.45, 7) is 9.18. The molecular formula is C43H54N6O8. The number of pyridine rings is 1. The topological polar surface area (TPSA) is 186 Å². The molecule has 0 unspecified atom stereocenters. The van der Waals surface area contributed by atoms with E-state index in [4.69, 9.17) is 9.47 Å². The average molecular weight is 783 g/mol. The van der Waals surface area contributed by atoms with E-state index in [1.54, 1.807) is 39.3 Å². The van der Waals surface area contributed by atoms with E-state index in [-0.39, 0.29) is 37.3 Å². The number of aliphatic hydroxyl groups excluding tert-OH is 1. The summed E-state index contributed by atoms with van der Waals surface area (Å²) >= 11 is 0. The van der Waals surface area contributed by atoms with Gasteiger partial charge in [-0.05, 0) is 90.8 Å². The number of phenols is 1. The van der Waals surface area contributed by atoms with Gasteiger partial charge >= 0.3 is 5.97 Å². The number of nitrogens with one attached hydrogen (secondary N) is 3. The van der Waals surface area contributed by atoms with Gasteiger partial charge in [0.1, 0.15) is 30.5 Å². The summed E-state index contributed by atoms with van der Waals surface area (Å²) in [4.78, 5) is 64.0. The number of hydrogen-bond acceptors (Lipinski definition) is 10. The predicted octanol–water partition coefficient (Wildman–Crippen LogP) is 4.43. The monoisotopic (exact) mass is 782 g/mol. The fourth-order valence-electron chi connectivity index (χ4n) is 7.95. The van der Waals surface area contributed by atoms with Gasteiger partial charge in [-0.25, -0.2) is 5.43 Å². The number of hydrazine groups is 1. The van der Waals surface area contributed by atoms with Crippen molar-refractivity contribution in [2.24, 2.45) is 11.3 Å². The molecular weight excluding hydrogens is 729 g/mol. The third-order valence-corrected chi connectivity index (χ3v) is 11.0. The molecule has 57 heavy (non-hydrogen) atoms. The summed E-state index contributed by atoms with van der Waals surface area (Å²) < 4.78 is 11.7. The lowest BCUT2D eigenvalue weighted by atomic mass is 9.84. The lowest BCUT2D eigenvalue weighted by molar-refractivity contribution is -0.155. The lowest BCUT2D eigenvalue weighted by Crippen LogP contribution is -2.62. The van der Waals surface area contributed by atoms with E-state index in [0.717, 1.165) is 39.0 Å². The number of phenolic OH excluding ortho intramolecular Hbond substituents is 1. The number of fused-ring (bicyclic) bond motifs is 6. The molecule has 14 nitrogen and oxygen atoms in total. The van der Waals surface area contributed by atoms with E-state index in [2.05, 4.69) is 26.8 Å². The van der Waals surface area contributed by atoms with Crippen molar-refractivity contribution in [1.82, 2.24) is 30.6 Å². The highest BCUT2D eigenvalue weighted by atomic mass is 16.5. The van der Waals surface area contributed by atoms with E-state index in [1.807, 2.05) is 51.1 Å². The number of cyclic esters (lactones) is 1. The molecule has 3 amide bonds. The average Bonchev–Trinajstić information content (AvgIpc) is 3.54. The smallest absolute Gasteiger partial charge is 0.324 e. The van der Waals surface area contributed by atoms with Gasteiger partial charge in [-0.3, -0.25) is 29.2 Å².